The predicted octanol–water partition coefficient (Wildman–Crippen LogP) is 3.92. The number of aryl methyl sites for hydroxylation is 1. The summed E-state index contributed by atoms with van der Waals surface area (Å²) in [4.78, 5) is 21.7. The molecule has 0 aliphatic carbocycles. The number of fused-ring (bicyclic) bond motifs is 1. The highest BCUT2D eigenvalue weighted by Gasteiger charge is 2.11. The standard InChI is InChI=1S/C15H14N2O2S2/c1-9-3-6-14(21-9)13(18)8-20-15-16-11-5-4-10(19-2)7-12(11)17-15/h3-7H,8H2,1-2H3,(H,16,17). The summed E-state index contributed by atoms with van der Waals surface area (Å²) in [7, 11) is 1.63. The summed E-state index contributed by atoms with van der Waals surface area (Å²) in [6.07, 6.45) is 0. The van der Waals surface area contributed by atoms with Crippen molar-refractivity contribution >= 4 is 39.9 Å². The van der Waals surface area contributed by atoms with Gasteiger partial charge in [0.05, 0.1) is 28.8 Å². The zero-order valence-corrected chi connectivity index (χ0v) is 13.3. The van der Waals surface area contributed by atoms with E-state index in [0.29, 0.717) is 5.75 Å². The minimum absolute atomic E-state index is 0.135. The molecule has 0 unspecified atom stereocenters. The van der Waals surface area contributed by atoms with E-state index >= 15 is 0 Å². The molecule has 0 bridgehead atoms. The van der Waals surface area contributed by atoms with Crippen molar-refractivity contribution in [1.29, 1.82) is 0 Å². The van der Waals surface area contributed by atoms with Gasteiger partial charge in [0.1, 0.15) is 5.75 Å². The molecule has 1 N–H and O–H groups in total. The molecule has 2 heterocycles. The van der Waals surface area contributed by atoms with Crippen LogP contribution in [0.2, 0.25) is 0 Å². The Balaban J connectivity index is 1.71. The van der Waals surface area contributed by atoms with Crippen LogP contribution in [0.5, 0.6) is 5.75 Å². The normalized spacial score (nSPS) is 11.0. The summed E-state index contributed by atoms with van der Waals surface area (Å²) in [5.74, 6) is 1.31. The number of ether oxygens (including phenoxy) is 1. The first-order valence-electron chi connectivity index (χ1n) is 6.42. The maximum atomic E-state index is 12.1. The number of methoxy groups -OCH3 is 1. The first kappa shape index (κ1) is 14.2. The highest BCUT2D eigenvalue weighted by atomic mass is 32.2. The van der Waals surface area contributed by atoms with Gasteiger partial charge in [-0.05, 0) is 31.2 Å². The van der Waals surface area contributed by atoms with Gasteiger partial charge in [0.15, 0.2) is 10.9 Å². The van der Waals surface area contributed by atoms with E-state index in [4.69, 9.17) is 4.74 Å². The molecule has 0 amide bonds. The number of thiophene rings is 1. The van der Waals surface area contributed by atoms with Crippen LogP contribution in [0.1, 0.15) is 14.5 Å². The largest absolute Gasteiger partial charge is 0.497 e. The van der Waals surface area contributed by atoms with Gasteiger partial charge < -0.3 is 9.72 Å². The van der Waals surface area contributed by atoms with Crippen molar-refractivity contribution in [3.8, 4) is 5.75 Å². The topological polar surface area (TPSA) is 55.0 Å². The Morgan fingerprint density at radius 2 is 2.24 bits per heavy atom. The summed E-state index contributed by atoms with van der Waals surface area (Å²) in [6, 6.07) is 9.52. The first-order valence-corrected chi connectivity index (χ1v) is 8.22. The maximum absolute atomic E-state index is 12.1. The van der Waals surface area contributed by atoms with E-state index in [0.717, 1.165) is 31.7 Å². The number of nitrogens with zero attached hydrogens (tertiary/aromatic N) is 1. The molecule has 6 heteroatoms. The van der Waals surface area contributed by atoms with Crippen molar-refractivity contribution in [2.75, 3.05) is 12.9 Å². The van der Waals surface area contributed by atoms with Crippen LogP contribution in [0, 0.1) is 6.92 Å². The molecule has 0 atom stereocenters. The summed E-state index contributed by atoms with van der Waals surface area (Å²) in [5.41, 5.74) is 1.79. The highest BCUT2D eigenvalue weighted by molar-refractivity contribution is 7.99. The highest BCUT2D eigenvalue weighted by Crippen LogP contribution is 2.24. The lowest BCUT2D eigenvalue weighted by molar-refractivity contribution is 0.102. The lowest BCUT2D eigenvalue weighted by Gasteiger charge is -1.96. The number of thioether (sulfide) groups is 1. The third-order valence-electron chi connectivity index (χ3n) is 3.02. The molecule has 0 fully saturated rings. The molecular weight excluding hydrogens is 304 g/mol. The summed E-state index contributed by atoms with van der Waals surface area (Å²) < 4.78 is 5.18. The van der Waals surface area contributed by atoms with Crippen molar-refractivity contribution in [1.82, 2.24) is 9.97 Å². The zero-order valence-electron chi connectivity index (χ0n) is 11.7. The van der Waals surface area contributed by atoms with Gasteiger partial charge in [0.2, 0.25) is 0 Å². The molecule has 0 aliphatic heterocycles. The molecule has 0 saturated heterocycles. The Labute approximate surface area is 130 Å². The molecule has 1 aromatic carbocycles. The van der Waals surface area contributed by atoms with Gasteiger partial charge in [-0.3, -0.25) is 4.79 Å². The van der Waals surface area contributed by atoms with Crippen molar-refractivity contribution in [2.24, 2.45) is 0 Å². The second-order valence-corrected chi connectivity index (χ2v) is 6.80. The van der Waals surface area contributed by atoms with E-state index < -0.39 is 0 Å². The van der Waals surface area contributed by atoms with Crippen LogP contribution in [0.25, 0.3) is 11.0 Å². The number of rotatable bonds is 5. The molecule has 0 spiro atoms. The van der Waals surface area contributed by atoms with Gasteiger partial charge in [-0.25, -0.2) is 4.98 Å². The predicted molar refractivity (Wildman–Crippen MR) is 86.8 cm³/mol. The van der Waals surface area contributed by atoms with Gasteiger partial charge in [0, 0.05) is 10.9 Å². The molecule has 4 nitrogen and oxygen atoms in total. The molecule has 2 aromatic heterocycles. The van der Waals surface area contributed by atoms with E-state index in [2.05, 4.69) is 9.97 Å². The fourth-order valence-electron chi connectivity index (χ4n) is 1.95. The Hall–Kier alpha value is -1.79. The average Bonchev–Trinajstić information content (AvgIpc) is 3.09. The van der Waals surface area contributed by atoms with Crippen LogP contribution in [0.4, 0.5) is 0 Å². The van der Waals surface area contributed by atoms with E-state index in [1.54, 1.807) is 7.11 Å². The van der Waals surface area contributed by atoms with Crippen LogP contribution in [-0.4, -0.2) is 28.6 Å². The minimum atomic E-state index is 0.135. The summed E-state index contributed by atoms with van der Waals surface area (Å²) in [5, 5.41) is 0.750. The van der Waals surface area contributed by atoms with Crippen LogP contribution < -0.4 is 4.74 Å². The van der Waals surface area contributed by atoms with Gasteiger partial charge in [-0.1, -0.05) is 11.8 Å². The molecular formula is C15H14N2O2S2. The lowest BCUT2D eigenvalue weighted by atomic mass is 10.3. The second-order valence-electron chi connectivity index (χ2n) is 4.55. The number of benzene rings is 1. The van der Waals surface area contributed by atoms with Crippen molar-refractivity contribution in [3.63, 3.8) is 0 Å². The van der Waals surface area contributed by atoms with E-state index in [9.17, 15) is 4.79 Å². The second kappa shape index (κ2) is 5.91. The maximum Gasteiger partial charge on any atom is 0.183 e. The van der Waals surface area contributed by atoms with Crippen LogP contribution >= 0.6 is 23.1 Å². The number of imidazole rings is 1. The van der Waals surface area contributed by atoms with E-state index in [1.807, 2.05) is 37.3 Å². The monoisotopic (exact) mass is 318 g/mol. The molecule has 0 saturated carbocycles. The van der Waals surface area contributed by atoms with Crippen molar-refractivity contribution < 1.29 is 9.53 Å². The molecule has 3 rings (SSSR count). The number of Topliss-reactive ketones (excluding diaryl/α,β-unsaturated/α-hetero) is 1. The van der Waals surface area contributed by atoms with Crippen LogP contribution in [0.15, 0.2) is 35.5 Å². The van der Waals surface area contributed by atoms with Gasteiger partial charge in [0.25, 0.3) is 0 Å². The molecule has 0 radical (unpaired) electrons. The Bertz CT molecular complexity index is 792. The van der Waals surface area contributed by atoms with Gasteiger partial charge in [-0.15, -0.1) is 11.3 Å². The van der Waals surface area contributed by atoms with Gasteiger partial charge >= 0.3 is 0 Å². The Kier molecular flexibility index (Phi) is 3.98. The number of ketones is 1. The Morgan fingerprint density at radius 3 is 2.95 bits per heavy atom. The SMILES string of the molecule is COc1ccc2nc(SCC(=O)c3ccc(C)s3)[nH]c2c1. The third kappa shape index (κ3) is 3.11. The average molecular weight is 318 g/mol. The smallest absolute Gasteiger partial charge is 0.183 e. The number of hydrogen-bond donors (Lipinski definition) is 1. The number of hydrogen-bond acceptors (Lipinski definition) is 5. The zero-order chi connectivity index (χ0) is 14.8. The third-order valence-corrected chi connectivity index (χ3v) is 4.94. The van der Waals surface area contributed by atoms with Crippen LogP contribution in [0.3, 0.4) is 0 Å². The number of nitrogens with one attached hydrogen (secondary N) is 1. The Morgan fingerprint density at radius 1 is 1.38 bits per heavy atom. The fraction of sp³-hybridized carbons (Fsp3) is 0.200. The van der Waals surface area contributed by atoms with Gasteiger partial charge in [-0.2, -0.15) is 0 Å². The summed E-state index contributed by atoms with van der Waals surface area (Å²) in [6.45, 7) is 2.00. The van der Waals surface area contributed by atoms with Crippen molar-refractivity contribution in [3.05, 3.63) is 40.1 Å². The van der Waals surface area contributed by atoms with E-state index in [-0.39, 0.29) is 5.78 Å². The lowest BCUT2D eigenvalue weighted by Crippen LogP contribution is -1.99. The number of aromatic amines is 1. The number of H-pyrrole nitrogens is 1. The number of carbonyl (C=O) groups is 1. The quantitative estimate of drug-likeness (QED) is 0.572. The molecule has 21 heavy (non-hydrogen) atoms. The minimum Gasteiger partial charge on any atom is -0.497 e. The number of aromatic nitrogens is 2. The molecule has 0 aliphatic rings. The molecule has 3 aromatic rings. The number of carbonyl (C=O) groups excluding carboxylic acids is 1. The van der Waals surface area contributed by atoms with E-state index in [1.165, 1.54) is 23.1 Å². The first-order chi connectivity index (χ1) is 10.2. The van der Waals surface area contributed by atoms with Crippen LogP contribution in [-0.2, 0) is 0 Å². The molecule has 108 valence electrons. The fourth-order valence-corrected chi connectivity index (χ4v) is 3.61. The van der Waals surface area contributed by atoms with Crippen molar-refractivity contribution in [2.45, 2.75) is 12.1 Å². The summed E-state index contributed by atoms with van der Waals surface area (Å²) >= 11 is 2.95.